The van der Waals surface area contributed by atoms with Crippen LogP contribution in [0, 0.1) is 0 Å². The molecule has 2 aromatic carbocycles. The summed E-state index contributed by atoms with van der Waals surface area (Å²) in [5, 5.41) is 16.6. The summed E-state index contributed by atoms with van der Waals surface area (Å²) in [6, 6.07) is 12.9. The Hall–Kier alpha value is -3.44. The summed E-state index contributed by atoms with van der Waals surface area (Å²) in [4.78, 5) is 24.1. The second-order valence-electron chi connectivity index (χ2n) is 8.06. The van der Waals surface area contributed by atoms with Crippen LogP contribution in [0.4, 0.5) is 4.79 Å². The first kappa shape index (κ1) is 27.2. The molecule has 11 heteroatoms. The topological polar surface area (TPSA) is 128 Å². The molecule has 2 aromatic rings. The fraction of sp³-hybridized carbons (Fsp3) is 0.280. The molecule has 1 aliphatic rings. The highest BCUT2D eigenvalue weighted by Crippen LogP contribution is 2.34. The zero-order valence-electron chi connectivity index (χ0n) is 20.2. The normalized spacial score (nSPS) is 15.4. The van der Waals surface area contributed by atoms with Crippen LogP contribution >= 0.6 is 10.7 Å². The highest BCUT2D eigenvalue weighted by molar-refractivity contribution is 8.15. The van der Waals surface area contributed by atoms with Crippen LogP contribution in [0.5, 0.6) is 0 Å². The largest absolute Gasteiger partial charge is 0.477 e. The maximum atomic E-state index is 12.9. The predicted octanol–water partition coefficient (Wildman–Crippen LogP) is 3.96. The van der Waals surface area contributed by atoms with E-state index >= 15 is 0 Å². The number of sulfonamides is 1. The van der Waals surface area contributed by atoms with Crippen molar-refractivity contribution in [2.75, 3.05) is 13.1 Å². The van der Waals surface area contributed by atoms with Crippen molar-refractivity contribution in [3.63, 3.8) is 0 Å². The van der Waals surface area contributed by atoms with Gasteiger partial charge in [0, 0.05) is 24.4 Å². The minimum Gasteiger partial charge on any atom is -0.477 e. The molecular formula is C25H30N4O5S2. The lowest BCUT2D eigenvalue weighted by atomic mass is 10.0. The molecule has 36 heavy (non-hydrogen) atoms. The van der Waals surface area contributed by atoms with Gasteiger partial charge in [-0.3, -0.25) is 0 Å². The lowest BCUT2D eigenvalue weighted by molar-refractivity contribution is -0.128. The molecule has 3 rings (SSSR count). The Morgan fingerprint density at radius 3 is 2.50 bits per heavy atom. The standard InChI is InChI=1S/C25H30N4O5S2/c1-4-6-16-29-27-18(3)23(24(30)31)35(29)17-19-11-13-20(14-12-19)21-9-7-8-10-22(21)36(33,34)28-25(32)26-15-5-2/h5,7-14H,2,4,6,15-17H2,1,3H3,(H,30,31)(H2,26,28,32). The number of benzene rings is 2. The van der Waals surface area contributed by atoms with Crippen molar-refractivity contribution in [2.45, 2.75) is 37.3 Å². The Kier molecular flexibility index (Phi) is 9.05. The molecule has 192 valence electrons. The molecular weight excluding hydrogens is 500 g/mol. The van der Waals surface area contributed by atoms with Crippen LogP contribution in [0.2, 0.25) is 0 Å². The van der Waals surface area contributed by atoms with Crippen LogP contribution in [0.3, 0.4) is 0 Å². The van der Waals surface area contributed by atoms with Crippen molar-refractivity contribution >= 4 is 43.3 Å². The van der Waals surface area contributed by atoms with Crippen LogP contribution in [0.15, 0.2) is 71.2 Å². The molecule has 0 fully saturated rings. The average Bonchev–Trinajstić information content (AvgIpc) is 3.16. The van der Waals surface area contributed by atoms with Crippen LogP contribution in [-0.2, 0) is 20.6 Å². The number of carbonyl (C=O) groups is 2. The number of carbonyl (C=O) groups excluding carboxylic acids is 1. The van der Waals surface area contributed by atoms with Crippen molar-refractivity contribution in [3.8, 4) is 11.1 Å². The van der Waals surface area contributed by atoms with Gasteiger partial charge in [-0.1, -0.05) is 72.6 Å². The third-order valence-electron chi connectivity index (χ3n) is 5.36. The summed E-state index contributed by atoms with van der Waals surface area (Å²) in [6.07, 6.45) is 3.34. The molecule has 9 nitrogen and oxygen atoms in total. The zero-order valence-corrected chi connectivity index (χ0v) is 21.9. The van der Waals surface area contributed by atoms with E-state index in [1.54, 1.807) is 37.3 Å². The Bertz CT molecular complexity index is 1320. The molecule has 0 radical (unpaired) electrons. The van der Waals surface area contributed by atoms with E-state index in [9.17, 15) is 23.1 Å². The molecule has 1 atom stereocenters. The van der Waals surface area contributed by atoms with Gasteiger partial charge in [-0.05, 0) is 30.5 Å². The molecule has 0 bridgehead atoms. The van der Waals surface area contributed by atoms with Gasteiger partial charge in [0.1, 0.15) is 4.86 Å². The number of urea groups is 1. The van der Waals surface area contributed by atoms with Crippen molar-refractivity contribution in [3.05, 3.63) is 66.7 Å². The number of unbranched alkanes of at least 4 members (excludes halogenated alkanes) is 1. The molecule has 0 aromatic heterocycles. The molecule has 3 N–H and O–H groups in total. The number of carboxylic acid groups (broad SMARTS) is 1. The van der Waals surface area contributed by atoms with Crippen LogP contribution < -0.4 is 10.0 Å². The molecule has 0 aliphatic carbocycles. The first-order chi connectivity index (χ1) is 17.2. The second kappa shape index (κ2) is 12.0. The number of hydrogen-bond donors (Lipinski definition) is 3. The molecule has 1 unspecified atom stereocenters. The second-order valence-corrected chi connectivity index (χ2v) is 11.6. The summed E-state index contributed by atoms with van der Waals surface area (Å²) in [5.41, 5.74) is 2.54. The Labute approximate surface area is 214 Å². The first-order valence-corrected chi connectivity index (χ1v) is 14.3. The van der Waals surface area contributed by atoms with Crippen molar-refractivity contribution in [1.82, 2.24) is 14.5 Å². The van der Waals surface area contributed by atoms with E-state index < -0.39 is 32.7 Å². The number of nitrogens with zero attached hydrogens (tertiary/aromatic N) is 2. The minimum absolute atomic E-state index is 0.0274. The van der Waals surface area contributed by atoms with E-state index in [0.29, 0.717) is 34.0 Å². The van der Waals surface area contributed by atoms with E-state index in [1.807, 2.05) is 21.3 Å². The van der Waals surface area contributed by atoms with Gasteiger partial charge in [0.25, 0.3) is 10.0 Å². The lowest BCUT2D eigenvalue weighted by Crippen LogP contribution is -2.39. The third kappa shape index (κ3) is 6.41. The van der Waals surface area contributed by atoms with Gasteiger partial charge in [-0.2, -0.15) is 5.10 Å². The van der Waals surface area contributed by atoms with E-state index in [1.165, 1.54) is 12.1 Å². The number of nitrogens with one attached hydrogen (secondary N) is 2. The maximum absolute atomic E-state index is 12.9. The summed E-state index contributed by atoms with van der Waals surface area (Å²) in [6.45, 7) is 8.10. The Morgan fingerprint density at radius 1 is 1.17 bits per heavy atom. The number of rotatable bonds is 11. The Balaban J connectivity index is 1.87. The predicted molar refractivity (Wildman–Crippen MR) is 144 cm³/mol. The SMILES string of the molecule is C=CCNC(=O)NS(=O)(=O)c1ccccc1-c1ccc(CS2=C(C(=O)O)C(C)=NN2CCCC)cc1. The minimum atomic E-state index is -4.12. The number of amides is 2. The van der Waals surface area contributed by atoms with Crippen LogP contribution in [0.1, 0.15) is 32.3 Å². The highest BCUT2D eigenvalue weighted by atomic mass is 32.2. The summed E-state index contributed by atoms with van der Waals surface area (Å²) >= 11 is 0. The van der Waals surface area contributed by atoms with Crippen molar-refractivity contribution in [2.24, 2.45) is 5.10 Å². The zero-order chi connectivity index (χ0) is 26.3. The van der Waals surface area contributed by atoms with Crippen LogP contribution in [-0.4, -0.2) is 53.6 Å². The molecule has 0 saturated carbocycles. The van der Waals surface area contributed by atoms with Gasteiger partial charge < -0.3 is 10.4 Å². The van der Waals surface area contributed by atoms with Gasteiger partial charge in [0.15, 0.2) is 0 Å². The smallest absolute Gasteiger partial charge is 0.345 e. The molecule has 1 aliphatic heterocycles. The monoisotopic (exact) mass is 530 g/mol. The average molecular weight is 531 g/mol. The van der Waals surface area contributed by atoms with E-state index in [2.05, 4.69) is 23.9 Å². The van der Waals surface area contributed by atoms with Gasteiger partial charge >= 0.3 is 12.0 Å². The van der Waals surface area contributed by atoms with Gasteiger partial charge in [-0.25, -0.2) is 27.1 Å². The van der Waals surface area contributed by atoms with Gasteiger partial charge in [0.05, 0.1) is 10.6 Å². The molecule has 1 heterocycles. The Morgan fingerprint density at radius 2 is 1.86 bits per heavy atom. The van der Waals surface area contributed by atoms with E-state index in [0.717, 1.165) is 18.4 Å². The third-order valence-corrected chi connectivity index (χ3v) is 9.07. The van der Waals surface area contributed by atoms with Crippen LogP contribution in [0.25, 0.3) is 11.1 Å². The van der Waals surface area contributed by atoms with E-state index in [-0.39, 0.29) is 11.4 Å². The lowest BCUT2D eigenvalue weighted by Gasteiger charge is -2.20. The summed E-state index contributed by atoms with van der Waals surface area (Å²) < 4.78 is 29.6. The quantitative estimate of drug-likeness (QED) is 0.298. The summed E-state index contributed by atoms with van der Waals surface area (Å²) in [7, 11) is -4.83. The van der Waals surface area contributed by atoms with Crippen molar-refractivity contribution in [1.29, 1.82) is 0 Å². The van der Waals surface area contributed by atoms with Gasteiger partial charge in [0.2, 0.25) is 0 Å². The highest BCUT2D eigenvalue weighted by Gasteiger charge is 2.27. The van der Waals surface area contributed by atoms with Crippen molar-refractivity contribution < 1.29 is 23.1 Å². The van der Waals surface area contributed by atoms with Gasteiger partial charge in [-0.15, -0.1) is 6.58 Å². The maximum Gasteiger partial charge on any atom is 0.345 e. The fourth-order valence-electron chi connectivity index (χ4n) is 3.65. The first-order valence-electron chi connectivity index (χ1n) is 11.4. The fourth-order valence-corrected chi connectivity index (χ4v) is 6.98. The summed E-state index contributed by atoms with van der Waals surface area (Å²) in [5.74, 6) is -0.476. The number of hydrogen-bond acceptors (Lipinski definition) is 6. The molecule has 0 saturated heterocycles. The molecule has 0 spiro atoms. The number of aliphatic carboxylic acids is 1. The number of hydrazone groups is 1. The number of carboxylic acids is 1. The van der Waals surface area contributed by atoms with E-state index in [4.69, 9.17) is 0 Å². The molecule has 2 amide bonds.